The maximum absolute atomic E-state index is 12.5. The number of aromatic nitrogens is 3. The molecule has 1 aliphatic carbocycles. The van der Waals surface area contributed by atoms with E-state index in [4.69, 9.17) is 0 Å². The van der Waals surface area contributed by atoms with Crippen molar-refractivity contribution in [2.24, 2.45) is 13.0 Å². The van der Waals surface area contributed by atoms with Gasteiger partial charge in [0.05, 0.1) is 6.04 Å². The van der Waals surface area contributed by atoms with Crippen molar-refractivity contribution in [1.29, 1.82) is 0 Å². The fraction of sp³-hybridized carbons (Fsp3) is 0.318. The fourth-order valence-electron chi connectivity index (χ4n) is 3.38. The number of amides is 2. The third-order valence-corrected chi connectivity index (χ3v) is 5.12. The Hall–Kier alpha value is -3.15. The minimum atomic E-state index is -0.193. The largest absolute Gasteiger partial charge is 0.336 e. The summed E-state index contributed by atoms with van der Waals surface area (Å²) in [6.45, 7) is 0. The molecule has 6 nitrogen and oxygen atoms in total. The second-order valence-electron chi connectivity index (χ2n) is 7.33. The lowest BCUT2D eigenvalue weighted by Crippen LogP contribution is -2.35. The second-order valence-corrected chi connectivity index (χ2v) is 7.33. The highest BCUT2D eigenvalue weighted by Crippen LogP contribution is 2.40. The van der Waals surface area contributed by atoms with Crippen LogP contribution in [-0.2, 0) is 19.9 Å². The van der Waals surface area contributed by atoms with Gasteiger partial charge in [-0.3, -0.25) is 4.98 Å². The van der Waals surface area contributed by atoms with Crippen LogP contribution < -0.4 is 10.6 Å². The van der Waals surface area contributed by atoms with E-state index >= 15 is 0 Å². The number of hydrogen-bond donors (Lipinski definition) is 2. The van der Waals surface area contributed by atoms with Crippen molar-refractivity contribution in [2.75, 3.05) is 5.32 Å². The Morgan fingerprint density at radius 2 is 1.93 bits per heavy atom. The van der Waals surface area contributed by atoms with E-state index in [1.54, 1.807) is 6.20 Å². The Balaban J connectivity index is 1.32. The number of nitrogens with one attached hydrogen (secondary N) is 2. The van der Waals surface area contributed by atoms with Gasteiger partial charge in [-0.1, -0.05) is 18.2 Å². The van der Waals surface area contributed by atoms with Crippen molar-refractivity contribution >= 4 is 11.7 Å². The first kappa shape index (κ1) is 18.2. The van der Waals surface area contributed by atoms with Gasteiger partial charge in [-0.2, -0.15) is 0 Å². The van der Waals surface area contributed by atoms with Gasteiger partial charge in [0.15, 0.2) is 0 Å². The molecule has 2 N–H and O–H groups in total. The van der Waals surface area contributed by atoms with E-state index in [0.717, 1.165) is 42.9 Å². The van der Waals surface area contributed by atoms with Gasteiger partial charge in [0.1, 0.15) is 5.82 Å². The summed E-state index contributed by atoms with van der Waals surface area (Å²) < 4.78 is 1.97. The molecular formula is C22H25N5O. The summed E-state index contributed by atoms with van der Waals surface area (Å²) in [6, 6.07) is 13.7. The van der Waals surface area contributed by atoms with E-state index in [0.29, 0.717) is 5.92 Å². The van der Waals surface area contributed by atoms with Gasteiger partial charge in [0.25, 0.3) is 0 Å². The molecule has 1 saturated carbocycles. The summed E-state index contributed by atoms with van der Waals surface area (Å²) in [5, 5.41) is 6.03. The van der Waals surface area contributed by atoms with Crippen LogP contribution in [0, 0.1) is 5.92 Å². The normalized spacial score (nSPS) is 14.5. The first-order valence-electron chi connectivity index (χ1n) is 9.72. The smallest absolute Gasteiger partial charge is 0.319 e. The highest BCUT2D eigenvalue weighted by molar-refractivity contribution is 5.89. The maximum atomic E-state index is 12.5. The third kappa shape index (κ3) is 4.57. The van der Waals surface area contributed by atoms with Gasteiger partial charge >= 0.3 is 6.03 Å². The van der Waals surface area contributed by atoms with Crippen molar-refractivity contribution in [1.82, 2.24) is 19.9 Å². The van der Waals surface area contributed by atoms with Crippen LogP contribution in [0.15, 0.2) is 61.1 Å². The van der Waals surface area contributed by atoms with E-state index < -0.39 is 0 Å². The monoisotopic (exact) mass is 375 g/mol. The van der Waals surface area contributed by atoms with Gasteiger partial charge in [0.2, 0.25) is 0 Å². The highest BCUT2D eigenvalue weighted by Gasteiger charge is 2.35. The zero-order chi connectivity index (χ0) is 19.3. The first-order valence-corrected chi connectivity index (χ1v) is 9.72. The number of imidazole rings is 1. The van der Waals surface area contributed by atoms with Crippen LogP contribution in [0.2, 0.25) is 0 Å². The van der Waals surface area contributed by atoms with Crippen LogP contribution in [0.25, 0.3) is 0 Å². The molecule has 0 saturated heterocycles. The molecule has 1 aliphatic rings. The molecule has 2 aromatic heterocycles. The van der Waals surface area contributed by atoms with Gasteiger partial charge in [0, 0.05) is 37.0 Å². The van der Waals surface area contributed by atoms with Crippen LogP contribution in [0.3, 0.4) is 0 Å². The molecule has 1 aromatic carbocycles. The summed E-state index contributed by atoms with van der Waals surface area (Å²) in [4.78, 5) is 21.3. The molecule has 1 fully saturated rings. The SMILES string of the molecule is Cn1ccnc1[C@@H](NC(=O)Nc1ccc(CCc2ccccn2)cc1)C1CC1. The molecule has 1 atom stereocenters. The molecule has 0 radical (unpaired) electrons. The van der Waals surface area contributed by atoms with Crippen LogP contribution in [0.1, 0.15) is 36.0 Å². The number of carbonyl (C=O) groups is 1. The Bertz CT molecular complexity index is 916. The van der Waals surface area contributed by atoms with Gasteiger partial charge in [-0.25, -0.2) is 9.78 Å². The van der Waals surface area contributed by atoms with Gasteiger partial charge < -0.3 is 15.2 Å². The quantitative estimate of drug-likeness (QED) is 0.658. The molecule has 144 valence electrons. The topological polar surface area (TPSA) is 71.8 Å². The van der Waals surface area contributed by atoms with Crippen molar-refractivity contribution in [3.05, 3.63) is 78.1 Å². The standard InChI is InChI=1S/C22H25N5O/c1-27-15-14-24-21(27)20(17-8-9-17)26-22(28)25-19-11-6-16(7-12-19)5-10-18-4-2-3-13-23-18/h2-4,6-7,11-15,17,20H,5,8-10H2,1H3,(H2,25,26,28)/t20-/m0/s1. The number of hydrogen-bond acceptors (Lipinski definition) is 3. The van der Waals surface area contributed by atoms with E-state index in [1.165, 1.54) is 5.56 Å². The van der Waals surface area contributed by atoms with Crippen molar-refractivity contribution in [3.8, 4) is 0 Å². The minimum absolute atomic E-state index is 0.0438. The number of pyridine rings is 1. The first-order chi connectivity index (χ1) is 13.7. The van der Waals surface area contributed by atoms with E-state index in [1.807, 2.05) is 54.3 Å². The number of aryl methyl sites for hydroxylation is 3. The number of carbonyl (C=O) groups excluding carboxylic acids is 1. The van der Waals surface area contributed by atoms with Crippen molar-refractivity contribution in [3.63, 3.8) is 0 Å². The van der Waals surface area contributed by atoms with Crippen LogP contribution in [0.4, 0.5) is 10.5 Å². The number of benzene rings is 1. The molecule has 3 aromatic rings. The Morgan fingerprint density at radius 3 is 2.57 bits per heavy atom. The molecule has 0 spiro atoms. The Kier molecular flexibility index (Phi) is 5.37. The Morgan fingerprint density at radius 1 is 1.11 bits per heavy atom. The van der Waals surface area contributed by atoms with E-state index in [2.05, 4.69) is 32.7 Å². The average molecular weight is 375 g/mol. The van der Waals surface area contributed by atoms with E-state index in [-0.39, 0.29) is 12.1 Å². The number of urea groups is 1. The molecule has 28 heavy (non-hydrogen) atoms. The van der Waals surface area contributed by atoms with Crippen LogP contribution in [0.5, 0.6) is 0 Å². The molecule has 0 unspecified atom stereocenters. The van der Waals surface area contributed by atoms with Crippen molar-refractivity contribution < 1.29 is 4.79 Å². The summed E-state index contributed by atoms with van der Waals surface area (Å²) >= 11 is 0. The zero-order valence-electron chi connectivity index (χ0n) is 16.0. The highest BCUT2D eigenvalue weighted by atomic mass is 16.2. The lowest BCUT2D eigenvalue weighted by atomic mass is 10.1. The summed E-state index contributed by atoms with van der Waals surface area (Å²) in [5.41, 5.74) is 3.10. The summed E-state index contributed by atoms with van der Waals surface area (Å²) in [5.74, 6) is 1.38. The van der Waals surface area contributed by atoms with Crippen molar-refractivity contribution in [2.45, 2.75) is 31.7 Å². The summed E-state index contributed by atoms with van der Waals surface area (Å²) in [6.07, 6.45) is 9.58. The number of nitrogens with zero attached hydrogens (tertiary/aromatic N) is 3. The third-order valence-electron chi connectivity index (χ3n) is 5.12. The van der Waals surface area contributed by atoms with E-state index in [9.17, 15) is 4.79 Å². The summed E-state index contributed by atoms with van der Waals surface area (Å²) in [7, 11) is 1.96. The van der Waals surface area contributed by atoms with Gasteiger partial charge in [-0.05, 0) is 61.4 Å². The molecule has 0 bridgehead atoms. The fourth-order valence-corrected chi connectivity index (χ4v) is 3.38. The van der Waals surface area contributed by atoms with Gasteiger partial charge in [-0.15, -0.1) is 0 Å². The van der Waals surface area contributed by atoms with Crippen LogP contribution in [-0.4, -0.2) is 20.6 Å². The maximum Gasteiger partial charge on any atom is 0.319 e. The molecule has 4 rings (SSSR count). The number of anilines is 1. The molecule has 0 aliphatic heterocycles. The lowest BCUT2D eigenvalue weighted by Gasteiger charge is -2.18. The molecular weight excluding hydrogens is 350 g/mol. The average Bonchev–Trinajstić information content (AvgIpc) is 3.47. The predicted molar refractivity (Wildman–Crippen MR) is 109 cm³/mol. The number of rotatable bonds is 7. The lowest BCUT2D eigenvalue weighted by molar-refractivity contribution is 0.246. The van der Waals surface area contributed by atoms with Crippen LogP contribution >= 0.6 is 0 Å². The predicted octanol–water partition coefficient (Wildman–Crippen LogP) is 3.87. The molecule has 6 heteroatoms. The molecule has 2 amide bonds. The second kappa shape index (κ2) is 8.25. The zero-order valence-corrected chi connectivity index (χ0v) is 16.0. The molecule has 2 heterocycles. The Labute approximate surface area is 165 Å². The minimum Gasteiger partial charge on any atom is -0.336 e.